The summed E-state index contributed by atoms with van der Waals surface area (Å²) in [4.78, 5) is 17.8. The van der Waals surface area contributed by atoms with Gasteiger partial charge in [0.2, 0.25) is 15.9 Å². The lowest BCUT2D eigenvalue weighted by Gasteiger charge is -2.17. The molecule has 0 bridgehead atoms. The summed E-state index contributed by atoms with van der Waals surface area (Å²) in [5.41, 5.74) is 2.14. The SMILES string of the molecule is CCc1ccc(S(=O)(=O)NCC(=O)N(C)CCc2ccncc2)cc1. The Morgan fingerprint density at radius 1 is 1.08 bits per heavy atom. The number of nitrogens with zero attached hydrogens (tertiary/aromatic N) is 2. The molecule has 0 spiro atoms. The Bertz CT molecular complexity index is 790. The van der Waals surface area contributed by atoms with Crippen LogP contribution in [0.25, 0.3) is 0 Å². The fourth-order valence-corrected chi connectivity index (χ4v) is 3.22. The summed E-state index contributed by atoms with van der Waals surface area (Å²) in [6.07, 6.45) is 4.94. The molecule has 7 heteroatoms. The van der Waals surface area contributed by atoms with Crippen molar-refractivity contribution in [2.24, 2.45) is 0 Å². The van der Waals surface area contributed by atoms with Gasteiger partial charge < -0.3 is 4.90 Å². The molecular formula is C18H23N3O3S. The van der Waals surface area contributed by atoms with Gasteiger partial charge in [0.05, 0.1) is 11.4 Å². The number of aryl methyl sites for hydroxylation is 1. The quantitative estimate of drug-likeness (QED) is 0.775. The van der Waals surface area contributed by atoms with Gasteiger partial charge in [-0.1, -0.05) is 19.1 Å². The van der Waals surface area contributed by atoms with Gasteiger partial charge >= 0.3 is 0 Å². The van der Waals surface area contributed by atoms with E-state index in [4.69, 9.17) is 0 Å². The lowest BCUT2D eigenvalue weighted by atomic mass is 10.2. The summed E-state index contributed by atoms with van der Waals surface area (Å²) in [5.74, 6) is -0.275. The average Bonchev–Trinajstić information content (AvgIpc) is 2.65. The maximum absolute atomic E-state index is 12.2. The van der Waals surface area contributed by atoms with Crippen molar-refractivity contribution in [1.82, 2.24) is 14.6 Å². The van der Waals surface area contributed by atoms with E-state index < -0.39 is 10.0 Å². The van der Waals surface area contributed by atoms with Gasteiger partial charge in [0.25, 0.3) is 0 Å². The molecule has 0 aliphatic rings. The van der Waals surface area contributed by atoms with Crippen LogP contribution >= 0.6 is 0 Å². The minimum absolute atomic E-state index is 0.164. The number of aromatic nitrogens is 1. The number of pyridine rings is 1. The number of carbonyl (C=O) groups is 1. The molecule has 0 fully saturated rings. The van der Waals surface area contributed by atoms with Gasteiger partial charge in [-0.25, -0.2) is 13.1 Å². The molecule has 25 heavy (non-hydrogen) atoms. The van der Waals surface area contributed by atoms with Crippen LogP contribution in [0.4, 0.5) is 0 Å². The van der Waals surface area contributed by atoms with Crippen LogP contribution in [0.2, 0.25) is 0 Å². The van der Waals surface area contributed by atoms with Crippen LogP contribution in [0, 0.1) is 0 Å². The summed E-state index contributed by atoms with van der Waals surface area (Å²) in [7, 11) is -2.03. The smallest absolute Gasteiger partial charge is 0.241 e. The number of hydrogen-bond acceptors (Lipinski definition) is 4. The molecule has 0 aliphatic heterocycles. The fraction of sp³-hybridized carbons (Fsp3) is 0.333. The summed E-state index contributed by atoms with van der Waals surface area (Å²) in [6, 6.07) is 10.4. The topological polar surface area (TPSA) is 79.4 Å². The molecule has 0 saturated heterocycles. The van der Waals surface area contributed by atoms with Gasteiger partial charge in [-0.15, -0.1) is 0 Å². The monoisotopic (exact) mass is 361 g/mol. The summed E-state index contributed by atoms with van der Waals surface area (Å²) < 4.78 is 26.9. The second-order valence-electron chi connectivity index (χ2n) is 5.74. The van der Waals surface area contributed by atoms with E-state index >= 15 is 0 Å². The van der Waals surface area contributed by atoms with Crippen LogP contribution in [0.1, 0.15) is 18.1 Å². The molecule has 134 valence electrons. The predicted molar refractivity (Wildman–Crippen MR) is 96.6 cm³/mol. The van der Waals surface area contributed by atoms with Crippen molar-refractivity contribution in [2.75, 3.05) is 20.1 Å². The molecule has 1 aromatic carbocycles. The first-order valence-electron chi connectivity index (χ1n) is 8.14. The van der Waals surface area contributed by atoms with E-state index in [-0.39, 0.29) is 17.3 Å². The van der Waals surface area contributed by atoms with E-state index in [1.165, 1.54) is 4.90 Å². The first-order valence-corrected chi connectivity index (χ1v) is 9.62. The van der Waals surface area contributed by atoms with Gasteiger partial charge in [-0.3, -0.25) is 9.78 Å². The highest BCUT2D eigenvalue weighted by atomic mass is 32.2. The summed E-state index contributed by atoms with van der Waals surface area (Å²) in [6.45, 7) is 2.25. The van der Waals surface area contributed by atoms with Crippen LogP contribution < -0.4 is 4.72 Å². The second-order valence-corrected chi connectivity index (χ2v) is 7.51. The number of rotatable bonds is 8. The van der Waals surface area contributed by atoms with Gasteiger partial charge in [0, 0.05) is 26.0 Å². The molecule has 0 saturated carbocycles. The Kier molecular flexibility index (Phi) is 6.66. The maximum Gasteiger partial charge on any atom is 0.241 e. The fourth-order valence-electron chi connectivity index (χ4n) is 2.25. The van der Waals surface area contributed by atoms with Crippen molar-refractivity contribution < 1.29 is 13.2 Å². The third-order valence-corrected chi connectivity index (χ3v) is 5.38. The van der Waals surface area contributed by atoms with Gasteiger partial charge in [-0.05, 0) is 48.2 Å². The Morgan fingerprint density at radius 3 is 2.32 bits per heavy atom. The van der Waals surface area contributed by atoms with Crippen molar-refractivity contribution in [3.8, 4) is 0 Å². The number of nitrogens with one attached hydrogen (secondary N) is 1. The van der Waals surface area contributed by atoms with Crippen LogP contribution in [0.15, 0.2) is 53.7 Å². The Balaban J connectivity index is 1.86. The van der Waals surface area contributed by atoms with Crippen LogP contribution in [-0.2, 0) is 27.7 Å². The van der Waals surface area contributed by atoms with E-state index in [0.717, 1.165) is 17.5 Å². The minimum Gasteiger partial charge on any atom is -0.344 e. The van der Waals surface area contributed by atoms with Crippen LogP contribution in [-0.4, -0.2) is 44.3 Å². The molecule has 0 unspecified atom stereocenters. The molecular weight excluding hydrogens is 338 g/mol. The van der Waals surface area contributed by atoms with Crippen molar-refractivity contribution in [2.45, 2.75) is 24.7 Å². The van der Waals surface area contributed by atoms with E-state index in [2.05, 4.69) is 9.71 Å². The maximum atomic E-state index is 12.2. The second kappa shape index (κ2) is 8.73. The molecule has 1 heterocycles. The van der Waals surface area contributed by atoms with Crippen molar-refractivity contribution in [3.05, 3.63) is 59.9 Å². The zero-order valence-electron chi connectivity index (χ0n) is 14.5. The predicted octanol–water partition coefficient (Wildman–Crippen LogP) is 1.62. The highest BCUT2D eigenvalue weighted by Gasteiger charge is 2.17. The van der Waals surface area contributed by atoms with E-state index in [1.807, 2.05) is 19.1 Å². The number of carbonyl (C=O) groups excluding carboxylic acids is 1. The molecule has 0 radical (unpaired) electrons. The number of sulfonamides is 1. The normalized spacial score (nSPS) is 11.3. The van der Waals surface area contributed by atoms with E-state index in [0.29, 0.717) is 13.0 Å². The molecule has 2 aromatic rings. The van der Waals surface area contributed by atoms with Gasteiger partial charge in [0.15, 0.2) is 0 Å². The third kappa shape index (κ3) is 5.65. The Hall–Kier alpha value is -2.25. The van der Waals surface area contributed by atoms with Crippen molar-refractivity contribution in [3.63, 3.8) is 0 Å². The molecule has 1 aromatic heterocycles. The van der Waals surface area contributed by atoms with Gasteiger partial charge in [-0.2, -0.15) is 0 Å². The van der Waals surface area contributed by atoms with E-state index in [1.54, 1.807) is 43.7 Å². The molecule has 1 N–H and O–H groups in total. The largest absolute Gasteiger partial charge is 0.344 e. The van der Waals surface area contributed by atoms with Crippen molar-refractivity contribution >= 4 is 15.9 Å². The number of likely N-dealkylation sites (N-methyl/N-ethyl adjacent to an activating group) is 1. The zero-order valence-corrected chi connectivity index (χ0v) is 15.3. The van der Waals surface area contributed by atoms with Crippen molar-refractivity contribution in [1.29, 1.82) is 0 Å². The highest BCUT2D eigenvalue weighted by molar-refractivity contribution is 7.89. The molecule has 6 nitrogen and oxygen atoms in total. The lowest BCUT2D eigenvalue weighted by Crippen LogP contribution is -2.38. The Morgan fingerprint density at radius 2 is 1.72 bits per heavy atom. The summed E-state index contributed by atoms with van der Waals surface area (Å²) >= 11 is 0. The third-order valence-electron chi connectivity index (χ3n) is 3.97. The Labute approximate surface area is 148 Å². The van der Waals surface area contributed by atoms with Gasteiger partial charge in [0.1, 0.15) is 0 Å². The zero-order chi connectivity index (χ0) is 18.3. The summed E-state index contributed by atoms with van der Waals surface area (Å²) in [5, 5.41) is 0. The molecule has 2 rings (SSSR count). The molecule has 0 aliphatic carbocycles. The van der Waals surface area contributed by atoms with Crippen LogP contribution in [0.5, 0.6) is 0 Å². The number of amides is 1. The average molecular weight is 361 g/mol. The lowest BCUT2D eigenvalue weighted by molar-refractivity contribution is -0.128. The highest BCUT2D eigenvalue weighted by Crippen LogP contribution is 2.10. The van der Waals surface area contributed by atoms with E-state index in [9.17, 15) is 13.2 Å². The van der Waals surface area contributed by atoms with Crippen LogP contribution in [0.3, 0.4) is 0 Å². The minimum atomic E-state index is -3.69. The molecule has 0 atom stereocenters. The first-order chi connectivity index (χ1) is 11.9. The number of benzene rings is 1. The number of hydrogen-bond donors (Lipinski definition) is 1. The first kappa shape index (κ1) is 19.1. The molecule has 1 amide bonds. The standard InChI is InChI=1S/C18H23N3O3S/c1-3-15-4-6-17(7-5-15)25(23,24)20-14-18(22)21(2)13-10-16-8-11-19-12-9-16/h4-9,11-12,20H,3,10,13-14H2,1-2H3.